The zero-order valence-electron chi connectivity index (χ0n) is 21.1. The van der Waals surface area contributed by atoms with Gasteiger partial charge in [-0.25, -0.2) is 13.6 Å². The lowest BCUT2D eigenvalue weighted by atomic mass is 9.81. The summed E-state index contributed by atoms with van der Waals surface area (Å²) in [6, 6.07) is 10.7. The SMILES string of the molecule is CC1(C)OC[C@H](COC(=O)C2=CN(C(=O)c3ccc(F)c(F)c3)CC(C)(C)c3c2[nH]c2ccccc32)O1. The van der Waals surface area contributed by atoms with Gasteiger partial charge >= 0.3 is 5.97 Å². The van der Waals surface area contributed by atoms with Crippen molar-refractivity contribution in [3.63, 3.8) is 0 Å². The largest absolute Gasteiger partial charge is 0.459 e. The molecule has 37 heavy (non-hydrogen) atoms. The fourth-order valence-corrected chi connectivity index (χ4v) is 4.99. The molecule has 0 spiro atoms. The standard InChI is InChI=1S/C28H28F2N2O5/c1-27(2)15-32(25(33)16-9-10-20(29)21(30)11-16)12-19(24-23(27)18-7-5-6-8-22(18)31-24)26(34)35-13-17-14-36-28(3,4)37-17/h5-12,17,31H,13-15H2,1-4H3/t17-/m0/s1. The fraction of sp³-hybridized carbons (Fsp3) is 0.357. The number of benzene rings is 2. The molecule has 1 aromatic heterocycles. The van der Waals surface area contributed by atoms with Gasteiger partial charge in [-0.1, -0.05) is 32.0 Å². The van der Waals surface area contributed by atoms with Crippen LogP contribution in [0.25, 0.3) is 16.5 Å². The molecule has 1 N–H and O–H groups in total. The Morgan fingerprint density at radius 1 is 1.11 bits per heavy atom. The van der Waals surface area contributed by atoms with E-state index in [2.05, 4.69) is 4.98 Å². The lowest BCUT2D eigenvalue weighted by molar-refractivity contribution is -0.154. The Morgan fingerprint density at radius 2 is 1.86 bits per heavy atom. The van der Waals surface area contributed by atoms with Crippen LogP contribution in [-0.2, 0) is 24.4 Å². The van der Waals surface area contributed by atoms with E-state index in [4.69, 9.17) is 14.2 Å². The molecule has 194 valence electrons. The van der Waals surface area contributed by atoms with Gasteiger partial charge in [-0.2, -0.15) is 0 Å². The van der Waals surface area contributed by atoms with Crippen LogP contribution in [0.4, 0.5) is 8.78 Å². The molecule has 0 bridgehead atoms. The monoisotopic (exact) mass is 510 g/mol. The minimum atomic E-state index is -1.12. The van der Waals surface area contributed by atoms with Crippen LogP contribution in [0.5, 0.6) is 0 Å². The van der Waals surface area contributed by atoms with E-state index in [-0.39, 0.29) is 30.9 Å². The van der Waals surface area contributed by atoms with E-state index in [1.54, 1.807) is 13.8 Å². The highest BCUT2D eigenvalue weighted by molar-refractivity contribution is 6.18. The molecule has 1 amide bonds. The molecule has 1 fully saturated rings. The second kappa shape index (κ2) is 9.08. The van der Waals surface area contributed by atoms with E-state index in [1.165, 1.54) is 17.2 Å². The lowest BCUT2D eigenvalue weighted by Crippen LogP contribution is -2.37. The number of para-hydroxylation sites is 1. The number of amides is 1. The van der Waals surface area contributed by atoms with Gasteiger partial charge in [-0.05, 0) is 43.7 Å². The van der Waals surface area contributed by atoms with Crippen molar-refractivity contribution in [1.82, 2.24) is 9.88 Å². The number of fused-ring (bicyclic) bond motifs is 3. The third-order valence-electron chi connectivity index (χ3n) is 6.62. The zero-order valence-corrected chi connectivity index (χ0v) is 21.1. The Labute approximate surface area is 213 Å². The van der Waals surface area contributed by atoms with Crippen LogP contribution >= 0.6 is 0 Å². The number of nitrogens with one attached hydrogen (secondary N) is 1. The predicted molar refractivity (Wildman–Crippen MR) is 133 cm³/mol. The molecule has 1 saturated heterocycles. The molecule has 2 aromatic carbocycles. The van der Waals surface area contributed by atoms with E-state index in [0.717, 1.165) is 28.6 Å². The second-order valence-electron chi connectivity index (χ2n) is 10.5. The van der Waals surface area contributed by atoms with Crippen molar-refractivity contribution in [2.24, 2.45) is 0 Å². The second-order valence-corrected chi connectivity index (χ2v) is 10.5. The van der Waals surface area contributed by atoms with Gasteiger partial charge in [0.2, 0.25) is 0 Å². The van der Waals surface area contributed by atoms with Crippen LogP contribution in [0.15, 0.2) is 48.7 Å². The maximum absolute atomic E-state index is 13.9. The molecular weight excluding hydrogens is 482 g/mol. The molecule has 5 rings (SSSR count). The number of esters is 1. The predicted octanol–water partition coefficient (Wildman–Crippen LogP) is 4.92. The molecule has 0 unspecified atom stereocenters. The summed E-state index contributed by atoms with van der Waals surface area (Å²) >= 11 is 0. The minimum absolute atomic E-state index is 0.0321. The number of H-pyrrole nitrogens is 1. The summed E-state index contributed by atoms with van der Waals surface area (Å²) in [4.78, 5) is 31.6. The normalized spacial score (nSPS) is 20.3. The van der Waals surface area contributed by atoms with Gasteiger partial charge in [-0.3, -0.25) is 4.79 Å². The first kappa shape index (κ1) is 25.1. The fourth-order valence-electron chi connectivity index (χ4n) is 4.99. The van der Waals surface area contributed by atoms with E-state index in [1.807, 2.05) is 38.1 Å². The van der Waals surface area contributed by atoms with Crippen molar-refractivity contribution >= 4 is 28.4 Å². The molecule has 2 aliphatic rings. The average Bonchev–Trinajstić information content (AvgIpc) is 3.37. The highest BCUT2D eigenvalue weighted by atomic mass is 19.2. The van der Waals surface area contributed by atoms with Gasteiger partial charge in [0.1, 0.15) is 12.7 Å². The molecule has 3 aromatic rings. The number of carbonyl (C=O) groups is 2. The van der Waals surface area contributed by atoms with E-state index in [9.17, 15) is 18.4 Å². The number of aromatic amines is 1. The number of aromatic nitrogens is 1. The smallest absolute Gasteiger partial charge is 0.341 e. The van der Waals surface area contributed by atoms with Gasteiger partial charge in [-0.15, -0.1) is 0 Å². The quantitative estimate of drug-likeness (QED) is 0.505. The first-order valence-corrected chi connectivity index (χ1v) is 12.0. The third-order valence-corrected chi connectivity index (χ3v) is 6.62. The molecule has 0 radical (unpaired) electrons. The summed E-state index contributed by atoms with van der Waals surface area (Å²) in [5.74, 6) is -4.15. The average molecular weight is 511 g/mol. The van der Waals surface area contributed by atoms with Gasteiger partial charge in [0.15, 0.2) is 17.4 Å². The van der Waals surface area contributed by atoms with Crippen LogP contribution in [0.1, 0.15) is 49.3 Å². The molecular formula is C28H28F2N2O5. The highest BCUT2D eigenvalue weighted by Gasteiger charge is 2.38. The zero-order chi connectivity index (χ0) is 26.5. The number of hydrogen-bond acceptors (Lipinski definition) is 5. The van der Waals surface area contributed by atoms with Crippen molar-refractivity contribution in [2.45, 2.75) is 45.0 Å². The number of nitrogens with zero attached hydrogens (tertiary/aromatic N) is 1. The summed E-state index contributed by atoms with van der Waals surface area (Å²) in [5.41, 5.74) is 1.73. The number of hydrogen-bond donors (Lipinski definition) is 1. The minimum Gasteiger partial charge on any atom is -0.459 e. The number of carbonyl (C=O) groups excluding carboxylic acids is 2. The molecule has 3 heterocycles. The van der Waals surface area contributed by atoms with Crippen LogP contribution < -0.4 is 0 Å². The molecule has 7 nitrogen and oxygen atoms in total. The first-order chi connectivity index (χ1) is 17.4. The molecule has 0 saturated carbocycles. The Kier molecular flexibility index (Phi) is 6.16. The Hall–Kier alpha value is -3.56. The van der Waals surface area contributed by atoms with Crippen molar-refractivity contribution in [1.29, 1.82) is 0 Å². The summed E-state index contributed by atoms with van der Waals surface area (Å²) in [5, 5.41) is 0.914. The first-order valence-electron chi connectivity index (χ1n) is 12.0. The van der Waals surface area contributed by atoms with Gasteiger partial charge in [0.25, 0.3) is 5.91 Å². The Morgan fingerprint density at radius 3 is 2.57 bits per heavy atom. The number of halogens is 2. The van der Waals surface area contributed by atoms with Crippen molar-refractivity contribution in [3.8, 4) is 0 Å². The summed E-state index contributed by atoms with van der Waals surface area (Å²) in [6.45, 7) is 7.92. The maximum Gasteiger partial charge on any atom is 0.341 e. The van der Waals surface area contributed by atoms with Crippen LogP contribution in [0.2, 0.25) is 0 Å². The van der Waals surface area contributed by atoms with E-state index in [0.29, 0.717) is 5.69 Å². The van der Waals surface area contributed by atoms with Crippen LogP contribution in [-0.4, -0.2) is 53.4 Å². The van der Waals surface area contributed by atoms with Crippen molar-refractivity contribution in [2.75, 3.05) is 19.8 Å². The molecule has 2 aliphatic heterocycles. The highest BCUT2D eigenvalue weighted by Crippen LogP contribution is 2.40. The van der Waals surface area contributed by atoms with Gasteiger partial charge < -0.3 is 24.1 Å². The van der Waals surface area contributed by atoms with Gasteiger partial charge in [0.05, 0.1) is 17.9 Å². The van der Waals surface area contributed by atoms with Gasteiger partial charge in [0, 0.05) is 34.6 Å². The number of rotatable bonds is 4. The number of ether oxygens (including phenoxy) is 3. The van der Waals surface area contributed by atoms with Crippen molar-refractivity contribution < 1.29 is 32.6 Å². The lowest BCUT2D eigenvalue weighted by Gasteiger charge is -2.29. The van der Waals surface area contributed by atoms with Crippen LogP contribution in [0.3, 0.4) is 0 Å². The van der Waals surface area contributed by atoms with E-state index < -0.39 is 40.8 Å². The topological polar surface area (TPSA) is 80.9 Å². The van der Waals surface area contributed by atoms with Crippen molar-refractivity contribution in [3.05, 3.63) is 77.1 Å². The molecule has 0 aliphatic carbocycles. The summed E-state index contributed by atoms with van der Waals surface area (Å²) in [6.07, 6.45) is 0.994. The Balaban J connectivity index is 1.55. The maximum atomic E-state index is 13.9. The molecule has 9 heteroatoms. The van der Waals surface area contributed by atoms with Crippen LogP contribution in [0, 0.1) is 11.6 Å². The third kappa shape index (κ3) is 4.76. The Bertz CT molecular complexity index is 1430. The van der Waals surface area contributed by atoms with E-state index >= 15 is 0 Å². The molecule has 1 atom stereocenters. The summed E-state index contributed by atoms with van der Waals surface area (Å²) < 4.78 is 44.3. The summed E-state index contributed by atoms with van der Waals surface area (Å²) in [7, 11) is 0.